The lowest BCUT2D eigenvalue weighted by Gasteiger charge is -2.33. The molecule has 28 heavy (non-hydrogen) atoms. The van der Waals surface area contributed by atoms with Gasteiger partial charge in [0.25, 0.3) is 0 Å². The molecule has 0 aliphatic rings. The van der Waals surface area contributed by atoms with Gasteiger partial charge in [-0.1, -0.05) is 0 Å². The Morgan fingerprint density at radius 3 is 1.57 bits per heavy atom. The van der Waals surface area contributed by atoms with E-state index in [1.807, 2.05) is 26.0 Å². The van der Waals surface area contributed by atoms with Crippen molar-refractivity contribution in [2.45, 2.75) is 33.6 Å². The molecule has 0 aliphatic carbocycles. The number of anilines is 4. The van der Waals surface area contributed by atoms with Crippen LogP contribution in [0, 0.1) is 13.8 Å². The predicted octanol–water partition coefficient (Wildman–Crippen LogP) is 4.24. The second-order valence-electron chi connectivity index (χ2n) is 8.09. The maximum Gasteiger partial charge on any atom is 0.0801 e. The number of nitrogens with two attached hydrogens (primary N) is 2. The highest BCUT2D eigenvalue weighted by Gasteiger charge is 2.17. The van der Waals surface area contributed by atoms with Crippen LogP contribution in [0.3, 0.4) is 0 Å². The quantitative estimate of drug-likeness (QED) is 0.266. The van der Waals surface area contributed by atoms with Crippen LogP contribution in [0.5, 0.6) is 0 Å². The fourth-order valence-corrected chi connectivity index (χ4v) is 3.39. The minimum absolute atomic E-state index is 0.850. The number of nitrogens with one attached hydrogen (secondary N) is 2. The molecule has 5 nitrogen and oxygen atoms in total. The van der Waals surface area contributed by atoms with Crippen LogP contribution in [0.15, 0.2) is 36.4 Å². The van der Waals surface area contributed by atoms with Crippen molar-refractivity contribution in [2.24, 2.45) is 0 Å². The number of benzene rings is 2. The summed E-state index contributed by atoms with van der Waals surface area (Å²) in [4.78, 5) is 0. The molecular weight excluding hydrogens is 346 g/mol. The summed E-state index contributed by atoms with van der Waals surface area (Å²) in [5.41, 5.74) is 18.0. The van der Waals surface area contributed by atoms with Crippen LogP contribution < -0.4 is 22.1 Å². The molecule has 2 aromatic rings. The van der Waals surface area contributed by atoms with Gasteiger partial charge in [-0.15, -0.1) is 0 Å². The summed E-state index contributed by atoms with van der Waals surface area (Å²) in [6.07, 6.45) is 2.30. The third-order valence-corrected chi connectivity index (χ3v) is 5.71. The number of rotatable bonds is 11. The van der Waals surface area contributed by atoms with Crippen molar-refractivity contribution in [3.05, 3.63) is 47.5 Å². The molecule has 6 N–H and O–H groups in total. The van der Waals surface area contributed by atoms with Gasteiger partial charge in [-0.2, -0.15) is 0 Å². The molecule has 0 spiro atoms. The van der Waals surface area contributed by atoms with Crippen molar-refractivity contribution in [2.75, 3.05) is 61.9 Å². The number of nitrogens with zero attached hydrogens (tertiary/aromatic N) is 1. The van der Waals surface area contributed by atoms with Gasteiger partial charge >= 0.3 is 0 Å². The van der Waals surface area contributed by atoms with E-state index in [2.05, 4.69) is 48.9 Å². The fourth-order valence-electron chi connectivity index (χ4n) is 3.39. The topological polar surface area (TPSA) is 76.1 Å². The summed E-state index contributed by atoms with van der Waals surface area (Å²) in [6.45, 7) is 11.9. The van der Waals surface area contributed by atoms with Crippen molar-refractivity contribution in [3.8, 4) is 0 Å². The minimum Gasteiger partial charge on any atom is -0.399 e. The molecule has 0 unspecified atom stereocenters. The zero-order valence-electron chi connectivity index (χ0n) is 18.0. The van der Waals surface area contributed by atoms with E-state index < -0.39 is 0 Å². The predicted molar refractivity (Wildman–Crippen MR) is 124 cm³/mol. The molecule has 154 valence electrons. The second-order valence-corrected chi connectivity index (χ2v) is 8.09. The highest BCUT2D eigenvalue weighted by Crippen LogP contribution is 2.18. The van der Waals surface area contributed by atoms with Gasteiger partial charge in [-0.25, -0.2) is 0 Å². The van der Waals surface area contributed by atoms with Crippen LogP contribution in [-0.2, 0) is 0 Å². The number of hydrogen-bond acceptors (Lipinski definition) is 4. The Hall–Kier alpha value is -2.40. The Morgan fingerprint density at radius 2 is 1.21 bits per heavy atom. The van der Waals surface area contributed by atoms with Crippen molar-refractivity contribution in [1.82, 2.24) is 0 Å². The zero-order valence-corrected chi connectivity index (χ0v) is 18.0. The van der Waals surface area contributed by atoms with Gasteiger partial charge in [-0.05, 0) is 68.3 Å². The smallest absolute Gasteiger partial charge is 0.0801 e. The van der Waals surface area contributed by atoms with Gasteiger partial charge in [-0.3, -0.25) is 0 Å². The van der Waals surface area contributed by atoms with Gasteiger partial charge in [0.1, 0.15) is 0 Å². The van der Waals surface area contributed by atoms with E-state index >= 15 is 0 Å². The lowest BCUT2D eigenvalue weighted by atomic mass is 10.2. The van der Waals surface area contributed by atoms with Crippen LogP contribution in [0.4, 0.5) is 22.7 Å². The molecule has 0 atom stereocenters. The minimum atomic E-state index is 0.850. The highest BCUT2D eigenvalue weighted by atomic mass is 15.3. The third kappa shape index (κ3) is 6.64. The number of nitrogen functional groups attached to an aromatic ring is 2. The van der Waals surface area contributed by atoms with E-state index in [0.717, 1.165) is 70.8 Å². The Morgan fingerprint density at radius 1 is 0.786 bits per heavy atom. The Labute approximate surface area is 170 Å². The summed E-state index contributed by atoms with van der Waals surface area (Å²) in [5, 5.41) is 7.04. The molecule has 0 saturated carbocycles. The van der Waals surface area contributed by atoms with Gasteiger partial charge in [0, 0.05) is 48.7 Å². The average Bonchev–Trinajstić information content (AvgIpc) is 2.68. The Balaban J connectivity index is 1.69. The first-order chi connectivity index (χ1) is 13.3. The molecule has 0 aliphatic heterocycles. The van der Waals surface area contributed by atoms with Crippen LogP contribution in [0.2, 0.25) is 0 Å². The molecule has 0 bridgehead atoms. The number of aryl methyl sites for hydroxylation is 2. The van der Waals surface area contributed by atoms with E-state index in [1.54, 1.807) is 0 Å². The summed E-state index contributed by atoms with van der Waals surface area (Å²) >= 11 is 0. The lowest BCUT2D eigenvalue weighted by molar-refractivity contribution is -0.907. The molecule has 0 aromatic heterocycles. The fraction of sp³-hybridized carbons (Fsp3) is 0.478. The van der Waals surface area contributed by atoms with E-state index in [1.165, 1.54) is 13.1 Å². The molecule has 0 radical (unpaired) electrons. The zero-order chi connectivity index (χ0) is 20.6. The molecule has 2 aromatic carbocycles. The van der Waals surface area contributed by atoms with Gasteiger partial charge in [0.15, 0.2) is 0 Å². The van der Waals surface area contributed by atoms with Gasteiger partial charge in [0.2, 0.25) is 0 Å². The normalized spacial score (nSPS) is 11.4. The summed E-state index contributed by atoms with van der Waals surface area (Å²) in [5.74, 6) is 0. The van der Waals surface area contributed by atoms with Crippen molar-refractivity contribution in [3.63, 3.8) is 0 Å². The van der Waals surface area contributed by atoms with Crippen molar-refractivity contribution in [1.29, 1.82) is 0 Å². The molecule has 0 fully saturated rings. The van der Waals surface area contributed by atoms with Crippen molar-refractivity contribution < 1.29 is 4.48 Å². The maximum absolute atomic E-state index is 5.89. The maximum atomic E-state index is 5.89. The summed E-state index contributed by atoms with van der Waals surface area (Å²) in [7, 11) is 2.36. The Kier molecular flexibility index (Phi) is 8.00. The van der Waals surface area contributed by atoms with Crippen LogP contribution in [0.1, 0.15) is 30.9 Å². The van der Waals surface area contributed by atoms with E-state index in [-0.39, 0.29) is 0 Å². The Bertz CT molecular complexity index is 697. The molecule has 0 amide bonds. The third-order valence-electron chi connectivity index (χ3n) is 5.71. The van der Waals surface area contributed by atoms with E-state index in [4.69, 9.17) is 11.5 Å². The van der Waals surface area contributed by atoms with Crippen LogP contribution >= 0.6 is 0 Å². The standard InChI is InChI=1S/C23H38N5/c1-5-28(4,14-6-12-26-20-8-10-22(24)18(2)16-20)15-7-13-27-21-9-11-23(25)19(3)17-21/h8-11,16-17,26-27H,5-7,12-15,24-25H2,1-4H3/q+1. The molecule has 0 saturated heterocycles. The molecule has 2 rings (SSSR count). The first kappa shape index (κ1) is 21.9. The van der Waals surface area contributed by atoms with Gasteiger partial charge in [0.05, 0.1) is 26.7 Å². The van der Waals surface area contributed by atoms with E-state index in [9.17, 15) is 0 Å². The van der Waals surface area contributed by atoms with Crippen molar-refractivity contribution >= 4 is 22.7 Å². The van der Waals surface area contributed by atoms with Crippen LogP contribution in [0.25, 0.3) is 0 Å². The summed E-state index contributed by atoms with van der Waals surface area (Å²) in [6, 6.07) is 12.3. The number of quaternary nitrogens is 1. The molecule has 5 heteroatoms. The SMILES string of the molecule is CC[N+](C)(CCCNc1ccc(N)c(C)c1)CCCNc1ccc(N)c(C)c1. The largest absolute Gasteiger partial charge is 0.399 e. The molecule has 0 heterocycles. The second kappa shape index (κ2) is 10.2. The lowest BCUT2D eigenvalue weighted by Crippen LogP contribution is -2.46. The number of hydrogen-bond donors (Lipinski definition) is 4. The van der Waals surface area contributed by atoms with Gasteiger partial charge < -0.3 is 26.6 Å². The van der Waals surface area contributed by atoms with Crippen LogP contribution in [-0.4, -0.2) is 44.3 Å². The van der Waals surface area contributed by atoms with E-state index in [0.29, 0.717) is 0 Å². The molecular formula is C23H38N5+. The average molecular weight is 385 g/mol. The highest BCUT2D eigenvalue weighted by molar-refractivity contribution is 5.57. The first-order valence-electron chi connectivity index (χ1n) is 10.4. The summed E-state index contributed by atoms with van der Waals surface area (Å²) < 4.78 is 1.10. The first-order valence-corrected chi connectivity index (χ1v) is 10.4. The monoisotopic (exact) mass is 384 g/mol.